The van der Waals surface area contributed by atoms with Crippen LogP contribution in [0.2, 0.25) is 0 Å². The zero-order valence-electron chi connectivity index (χ0n) is 22.5. The molecule has 0 heterocycles. The summed E-state index contributed by atoms with van der Waals surface area (Å²) >= 11 is 0. The van der Waals surface area contributed by atoms with Crippen LogP contribution in [0.1, 0.15) is 24.0 Å². The van der Waals surface area contributed by atoms with E-state index in [0.717, 1.165) is 12.1 Å². The molecule has 0 spiro atoms. The van der Waals surface area contributed by atoms with E-state index in [9.17, 15) is 26.7 Å². The van der Waals surface area contributed by atoms with Gasteiger partial charge >= 0.3 is 18.3 Å². The van der Waals surface area contributed by atoms with Crippen LogP contribution in [0.25, 0.3) is 6.08 Å². The number of benzene rings is 3. The molecule has 0 fully saturated rings. The van der Waals surface area contributed by atoms with Gasteiger partial charge in [0.15, 0.2) is 11.5 Å². The highest BCUT2D eigenvalue weighted by Crippen LogP contribution is 2.37. The number of anilines is 2. The minimum absolute atomic E-state index is 0.0212. The Labute approximate surface area is 238 Å². The molecule has 3 rings (SSSR count). The Kier molecular flexibility index (Phi) is 10.8. The lowest BCUT2D eigenvalue weighted by Gasteiger charge is -2.20. The number of rotatable bonds is 14. The fourth-order valence-electron chi connectivity index (χ4n) is 3.48. The van der Waals surface area contributed by atoms with Crippen molar-refractivity contribution in [1.82, 2.24) is 0 Å². The van der Waals surface area contributed by atoms with Crippen molar-refractivity contribution in [2.24, 2.45) is 0 Å². The summed E-state index contributed by atoms with van der Waals surface area (Å²) in [5.74, 6) is -0.459. The van der Waals surface area contributed by atoms with Gasteiger partial charge in [-0.15, -0.1) is 0 Å². The molecule has 0 unspecified atom stereocenters. The standard InChI is InChI=1S/C29H29F5N2O6/c1-38-26-17-20(6-10-25(26)39-14-2-13-28(30,31)32)29(33,34)42-22-8-3-19(4-9-22)5-12-27(37)41-16-15-40-24-11-7-21(35)18-23(24)36/h3-12,17-18H,2,13-16,35-36H2,1H3/b12-5+. The average molecular weight is 597 g/mol. The summed E-state index contributed by atoms with van der Waals surface area (Å²) in [6.07, 6.45) is -6.82. The van der Waals surface area contributed by atoms with Crippen LogP contribution in [0, 0.1) is 0 Å². The first-order valence-electron chi connectivity index (χ1n) is 12.5. The molecule has 0 aliphatic heterocycles. The first kappa shape index (κ1) is 31.8. The Morgan fingerprint density at radius 3 is 2.19 bits per heavy atom. The fourth-order valence-corrected chi connectivity index (χ4v) is 3.48. The molecule has 0 saturated heterocycles. The van der Waals surface area contributed by atoms with Gasteiger partial charge in [-0.3, -0.25) is 0 Å². The van der Waals surface area contributed by atoms with Gasteiger partial charge in [0.2, 0.25) is 0 Å². The highest BCUT2D eigenvalue weighted by Gasteiger charge is 2.35. The summed E-state index contributed by atoms with van der Waals surface area (Å²) in [5.41, 5.74) is 12.2. The van der Waals surface area contributed by atoms with Gasteiger partial charge in [-0.05, 0) is 66.6 Å². The lowest BCUT2D eigenvalue weighted by Crippen LogP contribution is -2.22. The average Bonchev–Trinajstić information content (AvgIpc) is 2.93. The van der Waals surface area contributed by atoms with Crippen LogP contribution < -0.4 is 30.4 Å². The summed E-state index contributed by atoms with van der Waals surface area (Å²) in [6.45, 7) is -0.239. The Balaban J connectivity index is 1.49. The van der Waals surface area contributed by atoms with Gasteiger partial charge in [0, 0.05) is 18.2 Å². The summed E-state index contributed by atoms with van der Waals surface area (Å²) in [6, 6.07) is 13.5. The van der Waals surface area contributed by atoms with Crippen molar-refractivity contribution in [3.8, 4) is 23.0 Å². The molecule has 0 aliphatic carbocycles. The van der Waals surface area contributed by atoms with Gasteiger partial charge in [-0.2, -0.15) is 22.0 Å². The number of methoxy groups -OCH3 is 1. The van der Waals surface area contributed by atoms with E-state index in [2.05, 4.69) is 0 Å². The molecule has 0 aromatic heterocycles. The van der Waals surface area contributed by atoms with Gasteiger partial charge in [0.1, 0.15) is 24.7 Å². The number of nitrogens with two attached hydrogens (primary N) is 2. The van der Waals surface area contributed by atoms with Crippen LogP contribution in [0.3, 0.4) is 0 Å². The molecular weight excluding hydrogens is 567 g/mol. The molecule has 0 saturated carbocycles. The van der Waals surface area contributed by atoms with Crippen LogP contribution in [0.5, 0.6) is 23.0 Å². The maximum atomic E-state index is 14.8. The largest absolute Gasteiger partial charge is 0.493 e. The zero-order chi connectivity index (χ0) is 30.8. The van der Waals surface area contributed by atoms with Crippen LogP contribution in [0.15, 0.2) is 66.7 Å². The van der Waals surface area contributed by atoms with E-state index >= 15 is 0 Å². The molecular formula is C29H29F5N2O6. The minimum atomic E-state index is -4.32. The maximum absolute atomic E-state index is 14.8. The molecule has 13 heteroatoms. The number of nitrogen functional groups attached to an aromatic ring is 2. The van der Waals surface area contributed by atoms with E-state index in [1.807, 2.05) is 0 Å². The predicted molar refractivity (Wildman–Crippen MR) is 145 cm³/mol. The van der Waals surface area contributed by atoms with Crippen LogP contribution in [-0.4, -0.2) is 39.1 Å². The number of hydrogen-bond donors (Lipinski definition) is 2. The predicted octanol–water partition coefficient (Wildman–Crippen LogP) is 6.34. The van der Waals surface area contributed by atoms with Gasteiger partial charge in [0.25, 0.3) is 0 Å². The molecule has 0 amide bonds. The molecule has 0 bridgehead atoms. The Bertz CT molecular complexity index is 1360. The lowest BCUT2D eigenvalue weighted by molar-refractivity contribution is -0.185. The molecule has 0 radical (unpaired) electrons. The number of alkyl halides is 5. The monoisotopic (exact) mass is 596 g/mol. The normalized spacial score (nSPS) is 11.8. The van der Waals surface area contributed by atoms with E-state index in [1.165, 1.54) is 49.6 Å². The molecule has 3 aromatic rings. The quantitative estimate of drug-likeness (QED) is 0.0728. The third-order valence-electron chi connectivity index (χ3n) is 5.52. The second-order valence-corrected chi connectivity index (χ2v) is 8.77. The third-order valence-corrected chi connectivity index (χ3v) is 5.52. The van der Waals surface area contributed by atoms with E-state index < -0.39 is 30.2 Å². The zero-order valence-corrected chi connectivity index (χ0v) is 22.5. The van der Waals surface area contributed by atoms with Crippen molar-refractivity contribution in [1.29, 1.82) is 0 Å². The molecule has 226 valence electrons. The first-order chi connectivity index (χ1) is 19.9. The van der Waals surface area contributed by atoms with Crippen LogP contribution >= 0.6 is 0 Å². The number of carbonyl (C=O) groups excluding carboxylic acids is 1. The summed E-state index contributed by atoms with van der Waals surface area (Å²) < 4.78 is 92.2. The Morgan fingerprint density at radius 2 is 1.52 bits per heavy atom. The highest BCUT2D eigenvalue weighted by molar-refractivity contribution is 5.87. The number of carbonyl (C=O) groups is 1. The van der Waals surface area contributed by atoms with Crippen molar-refractivity contribution in [2.75, 3.05) is 38.4 Å². The third kappa shape index (κ3) is 10.1. The molecule has 4 N–H and O–H groups in total. The van der Waals surface area contributed by atoms with Crippen molar-refractivity contribution >= 4 is 23.4 Å². The topological polar surface area (TPSA) is 115 Å². The van der Waals surface area contributed by atoms with Crippen molar-refractivity contribution in [2.45, 2.75) is 25.1 Å². The number of ether oxygens (including phenoxy) is 5. The van der Waals surface area contributed by atoms with Crippen LogP contribution in [0.4, 0.5) is 33.3 Å². The van der Waals surface area contributed by atoms with Gasteiger partial charge in [-0.1, -0.05) is 12.1 Å². The second kappa shape index (κ2) is 14.3. The van der Waals surface area contributed by atoms with Crippen molar-refractivity contribution < 1.29 is 50.4 Å². The molecule has 42 heavy (non-hydrogen) atoms. The number of esters is 1. The minimum Gasteiger partial charge on any atom is -0.493 e. The number of halogens is 5. The second-order valence-electron chi connectivity index (χ2n) is 8.77. The van der Waals surface area contributed by atoms with E-state index in [0.29, 0.717) is 22.7 Å². The molecule has 0 aliphatic rings. The smallest absolute Gasteiger partial charge is 0.426 e. The molecule has 3 aromatic carbocycles. The SMILES string of the molecule is COc1cc(C(F)(F)Oc2ccc(/C=C/C(=O)OCCOc3ccc(N)cc3N)cc2)ccc1OCCCC(F)(F)F. The van der Waals surface area contributed by atoms with E-state index in [4.69, 9.17) is 35.2 Å². The first-order valence-corrected chi connectivity index (χ1v) is 12.5. The summed E-state index contributed by atoms with van der Waals surface area (Å²) in [7, 11) is 1.22. The van der Waals surface area contributed by atoms with Gasteiger partial charge in [0.05, 0.1) is 25.0 Å². The Hall–Kier alpha value is -4.68. The Morgan fingerprint density at radius 1 is 0.833 bits per heavy atom. The maximum Gasteiger partial charge on any atom is 0.426 e. The van der Waals surface area contributed by atoms with E-state index in [-0.39, 0.29) is 43.5 Å². The van der Waals surface area contributed by atoms with Gasteiger partial charge < -0.3 is 35.2 Å². The van der Waals surface area contributed by atoms with Crippen molar-refractivity contribution in [3.05, 3.63) is 77.9 Å². The van der Waals surface area contributed by atoms with Crippen molar-refractivity contribution in [3.63, 3.8) is 0 Å². The molecule has 8 nitrogen and oxygen atoms in total. The van der Waals surface area contributed by atoms with Gasteiger partial charge in [-0.25, -0.2) is 4.79 Å². The highest BCUT2D eigenvalue weighted by atomic mass is 19.4. The fraction of sp³-hybridized carbons (Fsp3) is 0.276. The summed E-state index contributed by atoms with van der Waals surface area (Å²) in [4.78, 5) is 11.9. The summed E-state index contributed by atoms with van der Waals surface area (Å²) in [5, 5.41) is 0. The van der Waals surface area contributed by atoms with E-state index in [1.54, 1.807) is 18.2 Å². The number of hydrogen-bond acceptors (Lipinski definition) is 8. The van der Waals surface area contributed by atoms with Crippen LogP contribution in [-0.2, 0) is 15.6 Å². The molecule has 0 atom stereocenters. The lowest BCUT2D eigenvalue weighted by atomic mass is 10.1.